The number of hydrogen-bond donors (Lipinski definition) is 1. The average Bonchev–Trinajstić information content (AvgIpc) is 3.02. The Bertz CT molecular complexity index is 695. The van der Waals surface area contributed by atoms with E-state index in [9.17, 15) is 4.79 Å². The van der Waals surface area contributed by atoms with E-state index in [2.05, 4.69) is 27.3 Å². The molecule has 2 aromatic rings. The number of carbonyl (C=O) groups excluding carboxylic acids is 1. The topological polar surface area (TPSA) is 75.9 Å². The van der Waals surface area contributed by atoms with Crippen LogP contribution in [0, 0.1) is 0 Å². The zero-order valence-electron chi connectivity index (χ0n) is 13.3. The van der Waals surface area contributed by atoms with Crippen molar-refractivity contribution in [3.05, 3.63) is 12.0 Å². The van der Waals surface area contributed by atoms with E-state index in [-0.39, 0.29) is 11.9 Å². The highest BCUT2D eigenvalue weighted by atomic mass is 16.2. The molecule has 7 heteroatoms. The molecule has 0 spiro atoms. The van der Waals surface area contributed by atoms with Gasteiger partial charge in [-0.3, -0.25) is 9.48 Å². The van der Waals surface area contributed by atoms with Gasteiger partial charge in [-0.15, -0.1) is 0 Å². The predicted molar refractivity (Wildman–Crippen MR) is 84.6 cm³/mol. The Morgan fingerprint density at radius 1 is 1.36 bits per heavy atom. The molecule has 1 amide bonds. The number of fused-ring (bicyclic) bond motifs is 1. The summed E-state index contributed by atoms with van der Waals surface area (Å²) in [5, 5.41) is 8.59. The molecule has 22 heavy (non-hydrogen) atoms. The Hall–Kier alpha value is -2.18. The number of aryl methyl sites for hydroxylation is 2. The van der Waals surface area contributed by atoms with Crippen LogP contribution in [0.25, 0.3) is 11.0 Å². The highest BCUT2D eigenvalue weighted by molar-refractivity contribution is 5.86. The van der Waals surface area contributed by atoms with E-state index in [4.69, 9.17) is 0 Å². The molecule has 0 aromatic carbocycles. The highest BCUT2D eigenvalue weighted by Crippen LogP contribution is 2.22. The summed E-state index contributed by atoms with van der Waals surface area (Å²) in [6.07, 6.45) is 5.17. The van der Waals surface area contributed by atoms with Crippen LogP contribution >= 0.6 is 0 Å². The Kier molecular flexibility index (Phi) is 3.96. The van der Waals surface area contributed by atoms with Crippen molar-refractivity contribution in [3.63, 3.8) is 0 Å². The van der Waals surface area contributed by atoms with Crippen molar-refractivity contribution >= 4 is 22.8 Å². The fourth-order valence-corrected chi connectivity index (χ4v) is 2.85. The van der Waals surface area contributed by atoms with Gasteiger partial charge in [-0.05, 0) is 12.8 Å². The fraction of sp³-hybridized carbons (Fsp3) is 0.600. The van der Waals surface area contributed by atoms with Gasteiger partial charge in [0.25, 0.3) is 0 Å². The van der Waals surface area contributed by atoms with E-state index in [1.807, 2.05) is 19.0 Å². The quantitative estimate of drug-likeness (QED) is 0.902. The Morgan fingerprint density at radius 2 is 2.18 bits per heavy atom. The van der Waals surface area contributed by atoms with Crippen LogP contribution in [0.4, 0.5) is 5.82 Å². The molecular formula is C15H22N6O. The van der Waals surface area contributed by atoms with Crippen LogP contribution in [0.1, 0.15) is 32.0 Å². The maximum Gasteiger partial charge on any atom is 0.222 e. The first-order valence-corrected chi connectivity index (χ1v) is 7.78. The molecule has 118 valence electrons. The van der Waals surface area contributed by atoms with E-state index in [1.165, 1.54) is 0 Å². The summed E-state index contributed by atoms with van der Waals surface area (Å²) < 4.78 is 1.77. The van der Waals surface area contributed by atoms with Gasteiger partial charge in [-0.25, -0.2) is 9.97 Å². The molecule has 1 atom stereocenters. The van der Waals surface area contributed by atoms with Gasteiger partial charge in [-0.2, -0.15) is 5.10 Å². The molecule has 1 aliphatic heterocycles. The second-order valence-corrected chi connectivity index (χ2v) is 5.82. The molecule has 1 N–H and O–H groups in total. The molecule has 0 radical (unpaired) electrons. The number of nitrogens with one attached hydrogen (secondary N) is 1. The lowest BCUT2D eigenvalue weighted by Crippen LogP contribution is -2.34. The molecule has 3 rings (SSSR count). The molecule has 1 fully saturated rings. The van der Waals surface area contributed by atoms with E-state index in [0.717, 1.165) is 41.9 Å². The Balaban J connectivity index is 1.84. The van der Waals surface area contributed by atoms with Gasteiger partial charge in [-0.1, -0.05) is 6.92 Å². The summed E-state index contributed by atoms with van der Waals surface area (Å²) in [4.78, 5) is 22.6. The summed E-state index contributed by atoms with van der Waals surface area (Å²) in [5.74, 6) is 1.86. The van der Waals surface area contributed by atoms with Gasteiger partial charge in [0.2, 0.25) is 5.91 Å². The summed E-state index contributed by atoms with van der Waals surface area (Å²) in [7, 11) is 3.75. The Morgan fingerprint density at radius 3 is 2.86 bits per heavy atom. The molecule has 1 aliphatic rings. The van der Waals surface area contributed by atoms with Crippen molar-refractivity contribution in [2.45, 2.75) is 38.6 Å². The predicted octanol–water partition coefficient (Wildman–Crippen LogP) is 1.35. The van der Waals surface area contributed by atoms with E-state index < -0.39 is 0 Å². The van der Waals surface area contributed by atoms with Crippen molar-refractivity contribution in [2.24, 2.45) is 7.05 Å². The number of carbonyl (C=O) groups is 1. The first-order valence-electron chi connectivity index (χ1n) is 7.78. The van der Waals surface area contributed by atoms with Crippen molar-refractivity contribution < 1.29 is 4.79 Å². The largest absolute Gasteiger partial charge is 0.367 e. The average molecular weight is 302 g/mol. The smallest absolute Gasteiger partial charge is 0.222 e. The molecule has 3 heterocycles. The zero-order valence-corrected chi connectivity index (χ0v) is 13.3. The molecule has 7 nitrogen and oxygen atoms in total. The van der Waals surface area contributed by atoms with Crippen LogP contribution in [0.15, 0.2) is 6.20 Å². The number of nitrogens with zero attached hydrogens (tertiary/aromatic N) is 5. The molecular weight excluding hydrogens is 280 g/mol. The first-order chi connectivity index (χ1) is 10.6. The second kappa shape index (κ2) is 5.90. The number of hydrogen-bond acceptors (Lipinski definition) is 5. The van der Waals surface area contributed by atoms with Crippen LogP contribution in [0.3, 0.4) is 0 Å². The number of likely N-dealkylation sites (N-methyl/N-ethyl adjacent to an activating group) is 1. The third kappa shape index (κ3) is 2.63. The number of aromatic nitrogens is 4. The first kappa shape index (κ1) is 14.7. The van der Waals surface area contributed by atoms with Crippen molar-refractivity contribution in [3.8, 4) is 0 Å². The molecule has 0 unspecified atom stereocenters. The fourth-order valence-electron chi connectivity index (χ4n) is 2.85. The molecule has 1 saturated heterocycles. The van der Waals surface area contributed by atoms with Gasteiger partial charge < -0.3 is 10.2 Å². The summed E-state index contributed by atoms with van der Waals surface area (Å²) >= 11 is 0. The van der Waals surface area contributed by atoms with Crippen LogP contribution in [-0.2, 0) is 18.3 Å². The highest BCUT2D eigenvalue weighted by Gasteiger charge is 2.27. The van der Waals surface area contributed by atoms with Gasteiger partial charge in [0.1, 0.15) is 11.6 Å². The van der Waals surface area contributed by atoms with E-state index in [0.29, 0.717) is 13.0 Å². The summed E-state index contributed by atoms with van der Waals surface area (Å²) in [5.41, 5.74) is 0.844. The second-order valence-electron chi connectivity index (χ2n) is 5.82. The lowest BCUT2D eigenvalue weighted by atomic mass is 10.2. The van der Waals surface area contributed by atoms with E-state index >= 15 is 0 Å². The summed E-state index contributed by atoms with van der Waals surface area (Å²) in [6, 6.07) is 0.226. The number of anilines is 1. The van der Waals surface area contributed by atoms with Crippen molar-refractivity contribution in [2.75, 3.05) is 18.9 Å². The maximum atomic E-state index is 11.6. The lowest BCUT2D eigenvalue weighted by Gasteiger charge is -2.20. The minimum atomic E-state index is 0.215. The van der Waals surface area contributed by atoms with Crippen LogP contribution in [-0.4, -0.2) is 50.2 Å². The monoisotopic (exact) mass is 302 g/mol. The molecule has 0 bridgehead atoms. The van der Waals surface area contributed by atoms with Gasteiger partial charge >= 0.3 is 0 Å². The number of likely N-dealkylation sites (tertiary alicyclic amines) is 1. The molecule has 0 saturated carbocycles. The Labute approximate surface area is 129 Å². The summed E-state index contributed by atoms with van der Waals surface area (Å²) in [6.45, 7) is 2.82. The van der Waals surface area contributed by atoms with Crippen LogP contribution < -0.4 is 5.32 Å². The third-order valence-corrected chi connectivity index (χ3v) is 4.25. The van der Waals surface area contributed by atoms with E-state index in [1.54, 1.807) is 10.9 Å². The zero-order chi connectivity index (χ0) is 15.7. The number of amides is 1. The minimum Gasteiger partial charge on any atom is -0.367 e. The number of rotatable bonds is 5. The molecule has 2 aromatic heterocycles. The normalized spacial score (nSPS) is 18.4. The lowest BCUT2D eigenvalue weighted by molar-refractivity contribution is -0.127. The maximum absolute atomic E-state index is 11.6. The molecule has 0 aliphatic carbocycles. The van der Waals surface area contributed by atoms with Crippen LogP contribution in [0.2, 0.25) is 0 Å². The third-order valence-electron chi connectivity index (χ3n) is 4.25. The van der Waals surface area contributed by atoms with Crippen molar-refractivity contribution in [1.82, 2.24) is 24.6 Å². The van der Waals surface area contributed by atoms with Crippen LogP contribution in [0.5, 0.6) is 0 Å². The van der Waals surface area contributed by atoms with Crippen molar-refractivity contribution in [1.29, 1.82) is 0 Å². The van der Waals surface area contributed by atoms with Gasteiger partial charge in [0.05, 0.1) is 11.6 Å². The van der Waals surface area contributed by atoms with Gasteiger partial charge in [0.15, 0.2) is 5.65 Å². The SMILES string of the molecule is CCCc1nc(NC[C@H]2CCC(=O)N2C)c2cnn(C)c2n1. The standard InChI is InChI=1S/C15H22N6O/c1-4-5-12-18-14(11-9-17-21(3)15(11)19-12)16-8-10-6-7-13(22)20(10)2/h9-10H,4-8H2,1-3H3,(H,16,18,19)/t10-/m1/s1. The van der Waals surface area contributed by atoms with Gasteiger partial charge in [0, 0.05) is 39.5 Å². The minimum absolute atomic E-state index is 0.215.